The van der Waals surface area contributed by atoms with Crippen molar-refractivity contribution in [2.75, 3.05) is 13.2 Å². The molecule has 0 aliphatic carbocycles. The lowest BCUT2D eigenvalue weighted by atomic mass is 10.1. The van der Waals surface area contributed by atoms with Crippen LogP contribution in [0.5, 0.6) is 0 Å². The molecule has 21 heavy (non-hydrogen) atoms. The van der Waals surface area contributed by atoms with E-state index in [4.69, 9.17) is 9.47 Å². The Bertz CT molecular complexity index is 473. The summed E-state index contributed by atoms with van der Waals surface area (Å²) in [5.74, 6) is -0.727. The number of rotatable bonds is 8. The Morgan fingerprint density at radius 3 is 2.33 bits per heavy atom. The molecule has 0 N–H and O–H groups in total. The van der Waals surface area contributed by atoms with Crippen molar-refractivity contribution in [2.45, 2.75) is 40.0 Å². The lowest BCUT2D eigenvalue weighted by Crippen LogP contribution is -2.15. The van der Waals surface area contributed by atoms with Gasteiger partial charge in [0.15, 0.2) is 0 Å². The fourth-order valence-electron chi connectivity index (χ4n) is 1.45. The highest BCUT2D eigenvalue weighted by atomic mass is 16.5. The number of nitrogens with zero attached hydrogens (tertiary/aromatic N) is 1. The molecule has 1 aromatic heterocycles. The Balaban J connectivity index is 2.62. The van der Waals surface area contributed by atoms with Crippen molar-refractivity contribution in [3.63, 3.8) is 0 Å². The zero-order valence-electron chi connectivity index (χ0n) is 12.9. The molecule has 5 heteroatoms. The molecule has 5 nitrogen and oxygen atoms in total. The number of unbranched alkanes of at least 4 members (excludes halogenated alkanes) is 1. The molecule has 0 spiro atoms. The lowest BCUT2D eigenvalue weighted by molar-refractivity contribution is 0.0439. The molecule has 1 heterocycles. The van der Waals surface area contributed by atoms with Gasteiger partial charge in [-0.2, -0.15) is 0 Å². The maximum atomic E-state index is 11.9. The lowest BCUT2D eigenvalue weighted by Gasteiger charge is -2.09. The summed E-state index contributed by atoms with van der Waals surface area (Å²) >= 11 is 0. The van der Waals surface area contributed by atoms with E-state index in [1.165, 1.54) is 12.1 Å². The van der Waals surface area contributed by atoms with Crippen LogP contribution in [0.4, 0.5) is 0 Å². The van der Waals surface area contributed by atoms with Crippen LogP contribution in [0.1, 0.15) is 61.0 Å². The van der Waals surface area contributed by atoms with Gasteiger partial charge in [-0.3, -0.25) is 0 Å². The van der Waals surface area contributed by atoms with E-state index in [-0.39, 0.29) is 11.4 Å². The number of hydrogen-bond acceptors (Lipinski definition) is 5. The van der Waals surface area contributed by atoms with Crippen molar-refractivity contribution < 1.29 is 19.1 Å². The highest BCUT2D eigenvalue weighted by molar-refractivity contribution is 5.91. The van der Waals surface area contributed by atoms with Gasteiger partial charge in [-0.15, -0.1) is 0 Å². The Labute approximate surface area is 125 Å². The fraction of sp³-hybridized carbons (Fsp3) is 0.562. The summed E-state index contributed by atoms with van der Waals surface area (Å²) in [6, 6.07) is 4.66. The van der Waals surface area contributed by atoms with Gasteiger partial charge < -0.3 is 9.47 Å². The molecular formula is C16H23NO4. The van der Waals surface area contributed by atoms with E-state index in [0.29, 0.717) is 19.1 Å². The molecule has 0 aliphatic heterocycles. The number of esters is 2. The minimum atomic E-state index is -0.515. The van der Waals surface area contributed by atoms with Crippen molar-refractivity contribution in [3.8, 4) is 0 Å². The van der Waals surface area contributed by atoms with Crippen molar-refractivity contribution in [1.82, 2.24) is 4.98 Å². The van der Waals surface area contributed by atoms with Crippen molar-refractivity contribution in [2.24, 2.45) is 5.92 Å². The third-order valence-electron chi connectivity index (χ3n) is 3.09. The molecule has 0 saturated heterocycles. The molecular weight excluding hydrogens is 270 g/mol. The number of hydrogen-bond donors (Lipinski definition) is 0. The fourth-order valence-corrected chi connectivity index (χ4v) is 1.45. The van der Waals surface area contributed by atoms with E-state index in [9.17, 15) is 9.59 Å². The molecule has 0 radical (unpaired) electrons. The first-order chi connectivity index (χ1) is 10.1. The molecule has 116 valence electrons. The quantitative estimate of drug-likeness (QED) is 0.544. The maximum Gasteiger partial charge on any atom is 0.356 e. The molecule has 0 saturated carbocycles. The molecule has 0 aliphatic rings. The monoisotopic (exact) mass is 293 g/mol. The number of carbonyl (C=O) groups excluding carboxylic acids is 2. The Morgan fingerprint density at radius 1 is 1.14 bits per heavy atom. The molecule has 0 fully saturated rings. The predicted molar refractivity (Wildman–Crippen MR) is 79.2 cm³/mol. The van der Waals surface area contributed by atoms with Crippen LogP contribution >= 0.6 is 0 Å². The second-order valence-electron chi connectivity index (χ2n) is 5.01. The van der Waals surface area contributed by atoms with E-state index in [1.54, 1.807) is 6.07 Å². The van der Waals surface area contributed by atoms with Gasteiger partial charge in [0.05, 0.1) is 13.2 Å². The standard InChI is InChI=1S/C16H23NO4/c1-4-6-10-20-15(18)13-8-7-9-14(17-13)16(19)21-11-12(3)5-2/h7-9,12H,4-6,10-11H2,1-3H3. The van der Waals surface area contributed by atoms with Crippen molar-refractivity contribution >= 4 is 11.9 Å². The first kappa shape index (κ1) is 17.1. The Morgan fingerprint density at radius 2 is 1.76 bits per heavy atom. The van der Waals surface area contributed by atoms with Crippen molar-refractivity contribution in [1.29, 1.82) is 0 Å². The molecule has 1 rings (SSSR count). The van der Waals surface area contributed by atoms with Gasteiger partial charge >= 0.3 is 11.9 Å². The molecule has 1 unspecified atom stereocenters. The highest BCUT2D eigenvalue weighted by Gasteiger charge is 2.15. The Hall–Kier alpha value is -1.91. The van der Waals surface area contributed by atoms with Crippen LogP contribution in [-0.2, 0) is 9.47 Å². The van der Waals surface area contributed by atoms with E-state index in [2.05, 4.69) is 4.98 Å². The van der Waals surface area contributed by atoms with E-state index in [0.717, 1.165) is 19.3 Å². The molecule has 0 aromatic carbocycles. The van der Waals surface area contributed by atoms with Gasteiger partial charge in [0.2, 0.25) is 0 Å². The van der Waals surface area contributed by atoms with Crippen LogP contribution in [0.25, 0.3) is 0 Å². The highest BCUT2D eigenvalue weighted by Crippen LogP contribution is 2.07. The summed E-state index contributed by atoms with van der Waals surface area (Å²) < 4.78 is 10.2. The third-order valence-corrected chi connectivity index (χ3v) is 3.09. The molecule has 1 atom stereocenters. The second kappa shape index (κ2) is 9.10. The minimum Gasteiger partial charge on any atom is -0.461 e. The topological polar surface area (TPSA) is 65.5 Å². The first-order valence-electron chi connectivity index (χ1n) is 7.39. The summed E-state index contributed by atoms with van der Waals surface area (Å²) in [4.78, 5) is 27.6. The van der Waals surface area contributed by atoms with Gasteiger partial charge in [0.1, 0.15) is 11.4 Å². The summed E-state index contributed by atoms with van der Waals surface area (Å²) in [7, 11) is 0. The van der Waals surface area contributed by atoms with Crippen LogP contribution in [0.2, 0.25) is 0 Å². The van der Waals surface area contributed by atoms with Crippen LogP contribution < -0.4 is 0 Å². The SMILES string of the molecule is CCCCOC(=O)c1cccc(C(=O)OCC(C)CC)n1. The second-order valence-corrected chi connectivity index (χ2v) is 5.01. The number of ether oxygens (including phenoxy) is 2. The van der Waals surface area contributed by atoms with Gasteiger partial charge in [-0.25, -0.2) is 14.6 Å². The van der Waals surface area contributed by atoms with Gasteiger partial charge in [-0.05, 0) is 24.5 Å². The average Bonchev–Trinajstić information content (AvgIpc) is 2.52. The van der Waals surface area contributed by atoms with Crippen LogP contribution in [-0.4, -0.2) is 30.1 Å². The number of aromatic nitrogens is 1. The smallest absolute Gasteiger partial charge is 0.356 e. The molecule has 1 aromatic rings. The largest absolute Gasteiger partial charge is 0.461 e. The summed E-state index contributed by atoms with van der Waals surface area (Å²) in [6.45, 7) is 6.76. The predicted octanol–water partition coefficient (Wildman–Crippen LogP) is 3.24. The third kappa shape index (κ3) is 5.94. The average molecular weight is 293 g/mol. The van der Waals surface area contributed by atoms with E-state index < -0.39 is 11.9 Å². The Kier molecular flexibility index (Phi) is 7.43. The van der Waals surface area contributed by atoms with Crippen LogP contribution in [0.3, 0.4) is 0 Å². The van der Waals surface area contributed by atoms with E-state index in [1.807, 2.05) is 20.8 Å². The maximum absolute atomic E-state index is 11.9. The molecule has 0 bridgehead atoms. The normalized spacial score (nSPS) is 11.8. The van der Waals surface area contributed by atoms with Gasteiger partial charge in [0, 0.05) is 0 Å². The van der Waals surface area contributed by atoms with Gasteiger partial charge in [-0.1, -0.05) is 39.7 Å². The minimum absolute atomic E-state index is 0.128. The first-order valence-corrected chi connectivity index (χ1v) is 7.39. The summed E-state index contributed by atoms with van der Waals surface area (Å²) in [6.07, 6.45) is 2.69. The van der Waals surface area contributed by atoms with Crippen LogP contribution in [0.15, 0.2) is 18.2 Å². The zero-order valence-corrected chi connectivity index (χ0v) is 12.9. The number of pyridine rings is 1. The molecule has 0 amide bonds. The van der Waals surface area contributed by atoms with E-state index >= 15 is 0 Å². The van der Waals surface area contributed by atoms with Crippen LogP contribution in [0, 0.1) is 5.92 Å². The summed E-state index contributed by atoms with van der Waals surface area (Å²) in [5.41, 5.74) is 0.257. The van der Waals surface area contributed by atoms with Gasteiger partial charge in [0.25, 0.3) is 0 Å². The summed E-state index contributed by atoms with van der Waals surface area (Å²) in [5, 5.41) is 0. The number of carbonyl (C=O) groups is 2. The van der Waals surface area contributed by atoms with Crippen molar-refractivity contribution in [3.05, 3.63) is 29.6 Å². The zero-order chi connectivity index (χ0) is 15.7.